The second-order valence-electron chi connectivity index (χ2n) is 12.2. The monoisotopic (exact) mass is 709 g/mol. The summed E-state index contributed by atoms with van der Waals surface area (Å²) in [6, 6.07) is 35.7. The molecule has 1 aliphatic heterocycles. The molecule has 2 aromatic heterocycles. The Morgan fingerprint density at radius 2 is 1.06 bits per heavy atom. The molecule has 2 aliphatic rings. The van der Waals surface area contributed by atoms with Crippen molar-refractivity contribution in [3.05, 3.63) is 158 Å². The van der Waals surface area contributed by atoms with Gasteiger partial charge in [-0.3, -0.25) is 20.2 Å². The Labute approximate surface area is 301 Å². The summed E-state index contributed by atoms with van der Waals surface area (Å²) in [5.41, 5.74) is 2.93. The van der Waals surface area contributed by atoms with Gasteiger partial charge in [0.05, 0.1) is 20.6 Å². The van der Waals surface area contributed by atoms with Crippen LogP contribution in [0.15, 0.2) is 122 Å². The van der Waals surface area contributed by atoms with E-state index in [1.807, 2.05) is 24.3 Å². The van der Waals surface area contributed by atoms with E-state index in [-0.39, 0.29) is 33.9 Å². The maximum Gasteiger partial charge on any atom is 0.295 e. The Kier molecular flexibility index (Phi) is 12.3. The lowest BCUT2D eigenvalue weighted by Crippen LogP contribution is -2.20. The number of nitrogens with zero attached hydrogens (tertiary/aromatic N) is 5. The van der Waals surface area contributed by atoms with Crippen LogP contribution in [0.4, 0.5) is 17.2 Å². The zero-order chi connectivity index (χ0) is 34.2. The van der Waals surface area contributed by atoms with Gasteiger partial charge in [-0.25, -0.2) is 9.97 Å². The third-order valence-electron chi connectivity index (χ3n) is 9.26. The molecule has 6 aromatic rings. The van der Waals surface area contributed by atoms with Crippen molar-refractivity contribution in [2.75, 3.05) is 18.0 Å². The highest BCUT2D eigenvalue weighted by molar-refractivity contribution is 6.34. The first-order valence-electron chi connectivity index (χ1n) is 16.4. The summed E-state index contributed by atoms with van der Waals surface area (Å²) in [4.78, 5) is 31.5. The van der Waals surface area contributed by atoms with Crippen LogP contribution < -0.4 is 4.90 Å². The Morgan fingerprint density at radius 1 is 0.600 bits per heavy atom. The summed E-state index contributed by atoms with van der Waals surface area (Å²) in [6.07, 6.45) is 9.29. The average Bonchev–Trinajstić information content (AvgIpc) is 3.87. The van der Waals surface area contributed by atoms with E-state index in [2.05, 4.69) is 69.5 Å². The van der Waals surface area contributed by atoms with Crippen molar-refractivity contribution in [3.63, 3.8) is 0 Å². The molecule has 0 amide bonds. The molecule has 0 spiro atoms. The molecular formula is C39H37Cl2N5O4. The smallest absolute Gasteiger partial charge is 0.295 e. The molecule has 0 N–H and O–H groups in total. The first-order chi connectivity index (χ1) is 23.9. The van der Waals surface area contributed by atoms with Crippen LogP contribution in [0.5, 0.6) is 0 Å². The molecule has 11 heteroatoms. The zero-order valence-corrected chi connectivity index (χ0v) is 28.9. The molecule has 1 aliphatic carbocycles. The van der Waals surface area contributed by atoms with Crippen LogP contribution in [0.3, 0.4) is 0 Å². The van der Waals surface area contributed by atoms with Crippen molar-refractivity contribution in [2.45, 2.75) is 43.9 Å². The van der Waals surface area contributed by atoms with Crippen molar-refractivity contribution in [1.29, 1.82) is 0 Å². The summed E-state index contributed by atoms with van der Waals surface area (Å²) >= 11 is 5.80. The molecule has 0 radical (unpaired) electrons. The zero-order valence-electron chi connectivity index (χ0n) is 27.3. The molecule has 0 unspecified atom stereocenters. The van der Waals surface area contributed by atoms with E-state index in [1.54, 1.807) is 35.9 Å². The van der Waals surface area contributed by atoms with Crippen molar-refractivity contribution in [2.24, 2.45) is 0 Å². The maximum absolute atomic E-state index is 11.2. The second kappa shape index (κ2) is 17.0. The van der Waals surface area contributed by atoms with Crippen LogP contribution in [0, 0.1) is 20.2 Å². The standard InChI is InChI=1S/C19H17N3O2.C11H14.C9H5ClN2O2.ClH/c23-22(24)18-12-20-19(17-9-5-4-8-16(17)18)21-11-10-15(13-21)14-6-2-1-3-7-14;1-2-6-10(7-3-1)11-8-4-5-9-11;10-9-7-4-2-1-3-6(7)8(5-11-9)12(13)14;/h1-9,12,15H,10-11,13H2;1-3,6-7,11H,4-5,8-9H2;1-5H;1H/t15-;;;/m1.../s1. The number of rotatable bonds is 5. The molecular weight excluding hydrogens is 673 g/mol. The number of halogens is 2. The van der Waals surface area contributed by atoms with Crippen LogP contribution in [0.2, 0.25) is 5.15 Å². The van der Waals surface area contributed by atoms with Crippen LogP contribution >= 0.6 is 24.0 Å². The lowest BCUT2D eigenvalue weighted by Gasteiger charge is -2.19. The van der Waals surface area contributed by atoms with Gasteiger partial charge in [0.1, 0.15) is 23.4 Å². The maximum atomic E-state index is 11.2. The van der Waals surface area contributed by atoms with E-state index >= 15 is 0 Å². The minimum Gasteiger partial charge on any atom is -0.355 e. The minimum absolute atomic E-state index is 0. The van der Waals surface area contributed by atoms with Crippen LogP contribution in [0.25, 0.3) is 21.5 Å². The third-order valence-corrected chi connectivity index (χ3v) is 9.56. The van der Waals surface area contributed by atoms with E-state index in [0.717, 1.165) is 36.6 Å². The number of anilines is 1. The van der Waals surface area contributed by atoms with Gasteiger partial charge >= 0.3 is 0 Å². The first-order valence-corrected chi connectivity index (χ1v) is 16.8. The van der Waals surface area contributed by atoms with Crippen molar-refractivity contribution >= 4 is 62.7 Å². The fourth-order valence-corrected chi connectivity index (χ4v) is 7.00. The molecule has 1 saturated carbocycles. The number of aromatic nitrogens is 2. The van der Waals surface area contributed by atoms with E-state index in [1.165, 1.54) is 43.6 Å². The predicted molar refractivity (Wildman–Crippen MR) is 203 cm³/mol. The minimum atomic E-state index is -0.467. The van der Waals surface area contributed by atoms with Gasteiger partial charge in [-0.2, -0.15) is 0 Å². The van der Waals surface area contributed by atoms with Gasteiger partial charge in [0.15, 0.2) is 0 Å². The summed E-state index contributed by atoms with van der Waals surface area (Å²) < 4.78 is 0. The molecule has 1 atom stereocenters. The van der Waals surface area contributed by atoms with Gasteiger partial charge in [0.2, 0.25) is 0 Å². The van der Waals surface area contributed by atoms with Crippen LogP contribution in [-0.2, 0) is 0 Å². The quantitative estimate of drug-likeness (QED) is 0.0993. The fourth-order valence-electron chi connectivity index (χ4n) is 6.78. The molecule has 256 valence electrons. The van der Waals surface area contributed by atoms with Gasteiger partial charge in [-0.15, -0.1) is 12.4 Å². The highest BCUT2D eigenvalue weighted by Crippen LogP contribution is 2.36. The summed E-state index contributed by atoms with van der Waals surface area (Å²) in [6.45, 7) is 1.80. The number of pyridine rings is 2. The molecule has 2 fully saturated rings. The van der Waals surface area contributed by atoms with Crippen LogP contribution in [0.1, 0.15) is 55.1 Å². The largest absolute Gasteiger partial charge is 0.355 e. The molecule has 1 saturated heterocycles. The first kappa shape index (κ1) is 36.2. The number of nitro groups is 2. The normalized spacial score (nSPS) is 15.4. The Morgan fingerprint density at radius 3 is 1.62 bits per heavy atom. The number of fused-ring (bicyclic) bond motifs is 2. The van der Waals surface area contributed by atoms with E-state index in [0.29, 0.717) is 22.1 Å². The van der Waals surface area contributed by atoms with Gasteiger partial charge in [-0.1, -0.05) is 122 Å². The van der Waals surface area contributed by atoms with Crippen molar-refractivity contribution in [3.8, 4) is 0 Å². The van der Waals surface area contributed by atoms with Gasteiger partial charge in [-0.05, 0) is 48.4 Å². The number of hydrogen-bond donors (Lipinski definition) is 0. The Bertz CT molecular complexity index is 2060. The average molecular weight is 711 g/mol. The molecule has 50 heavy (non-hydrogen) atoms. The van der Waals surface area contributed by atoms with Crippen LogP contribution in [-0.4, -0.2) is 32.9 Å². The highest BCUT2D eigenvalue weighted by atomic mass is 35.5. The topological polar surface area (TPSA) is 115 Å². The molecule has 0 bridgehead atoms. The van der Waals surface area contributed by atoms with Gasteiger partial charge in [0, 0.05) is 29.8 Å². The summed E-state index contributed by atoms with van der Waals surface area (Å²) in [5.74, 6) is 2.19. The SMILES string of the molecule is Cl.O=[N+]([O-])c1cnc(Cl)c2ccccc12.O=[N+]([O-])c1cnc(N2CC[C@@H](c3ccccc3)C2)c2ccccc12.c1ccc(C2CCCC2)cc1. The number of benzene rings is 4. The Hall–Kier alpha value is -5.12. The summed E-state index contributed by atoms with van der Waals surface area (Å²) in [5, 5.41) is 24.8. The molecule has 9 nitrogen and oxygen atoms in total. The third kappa shape index (κ3) is 8.35. The van der Waals surface area contributed by atoms with Gasteiger partial charge in [0.25, 0.3) is 11.4 Å². The van der Waals surface area contributed by atoms with Crippen molar-refractivity contribution < 1.29 is 9.85 Å². The number of hydrogen-bond acceptors (Lipinski definition) is 7. The summed E-state index contributed by atoms with van der Waals surface area (Å²) in [7, 11) is 0. The molecule has 3 heterocycles. The van der Waals surface area contributed by atoms with Crippen molar-refractivity contribution in [1.82, 2.24) is 9.97 Å². The second-order valence-corrected chi connectivity index (χ2v) is 12.6. The Balaban J connectivity index is 0.000000159. The van der Waals surface area contributed by atoms with E-state index in [4.69, 9.17) is 11.6 Å². The predicted octanol–water partition coefficient (Wildman–Crippen LogP) is 10.7. The molecule has 4 aromatic carbocycles. The lowest BCUT2D eigenvalue weighted by molar-refractivity contribution is -0.383. The van der Waals surface area contributed by atoms with E-state index < -0.39 is 4.92 Å². The fraction of sp³-hybridized carbons (Fsp3) is 0.231. The lowest BCUT2D eigenvalue weighted by atomic mass is 9.98. The van der Waals surface area contributed by atoms with E-state index in [9.17, 15) is 20.2 Å². The van der Waals surface area contributed by atoms with Gasteiger partial charge < -0.3 is 4.90 Å². The molecule has 8 rings (SSSR count). The highest BCUT2D eigenvalue weighted by Gasteiger charge is 2.27.